The Morgan fingerprint density at radius 2 is 0.855 bits per heavy atom. The second kappa shape index (κ2) is 12.6. The van der Waals surface area contributed by atoms with Gasteiger partial charge in [-0.3, -0.25) is 0 Å². The van der Waals surface area contributed by atoms with E-state index < -0.39 is 0 Å². The summed E-state index contributed by atoms with van der Waals surface area (Å²) in [5, 5.41) is 9.89. The van der Waals surface area contributed by atoms with Crippen LogP contribution in [0.5, 0.6) is 0 Å². The summed E-state index contributed by atoms with van der Waals surface area (Å²) in [6.07, 6.45) is 0. The molecule has 0 N–H and O–H groups in total. The van der Waals surface area contributed by atoms with Gasteiger partial charge in [-0.05, 0) is 79.8 Å². The van der Waals surface area contributed by atoms with Crippen molar-refractivity contribution in [3.63, 3.8) is 0 Å². The van der Waals surface area contributed by atoms with E-state index in [1.54, 1.807) is 0 Å². The maximum atomic E-state index is 5.18. The van der Waals surface area contributed by atoms with Crippen LogP contribution in [-0.2, 0) is 0 Å². The lowest BCUT2D eigenvalue weighted by atomic mass is 9.88. The molecule has 0 amide bonds. The maximum Gasteiger partial charge on any atom is 0.160 e. The van der Waals surface area contributed by atoms with Crippen molar-refractivity contribution in [3.05, 3.63) is 200 Å². The number of fused-ring (bicyclic) bond motifs is 9. The van der Waals surface area contributed by atoms with Gasteiger partial charge in [0.15, 0.2) is 5.82 Å². The first-order chi connectivity index (χ1) is 27.3. The van der Waals surface area contributed by atoms with Crippen LogP contribution in [0.15, 0.2) is 200 Å². The van der Waals surface area contributed by atoms with Crippen LogP contribution in [0.25, 0.3) is 105 Å². The molecular weight excluding hydrogens is 667 g/mol. The van der Waals surface area contributed by atoms with Crippen LogP contribution < -0.4 is 0 Å². The lowest BCUT2D eigenvalue weighted by Crippen LogP contribution is -1.96. The van der Waals surface area contributed by atoms with E-state index in [0.29, 0.717) is 5.82 Å². The predicted molar refractivity (Wildman–Crippen MR) is 231 cm³/mol. The highest BCUT2D eigenvalue weighted by Gasteiger charge is 2.18. The molecule has 0 spiro atoms. The molecule has 0 aliphatic rings. The van der Waals surface area contributed by atoms with Crippen molar-refractivity contribution in [1.29, 1.82) is 0 Å². The molecule has 2 heterocycles. The van der Waals surface area contributed by atoms with E-state index in [9.17, 15) is 0 Å². The minimum Gasteiger partial charge on any atom is -0.309 e. The van der Waals surface area contributed by atoms with E-state index in [4.69, 9.17) is 9.97 Å². The van der Waals surface area contributed by atoms with E-state index in [2.05, 4.69) is 180 Å². The summed E-state index contributed by atoms with van der Waals surface area (Å²) in [5.74, 6) is 0.714. The highest BCUT2D eigenvalue weighted by molar-refractivity contribution is 6.29. The molecule has 0 bridgehead atoms. The van der Waals surface area contributed by atoms with Crippen molar-refractivity contribution in [2.45, 2.75) is 0 Å². The summed E-state index contributed by atoms with van der Waals surface area (Å²) in [7, 11) is 0. The van der Waals surface area contributed by atoms with Crippen molar-refractivity contribution in [2.24, 2.45) is 0 Å². The molecule has 3 nitrogen and oxygen atoms in total. The van der Waals surface area contributed by atoms with Gasteiger partial charge < -0.3 is 4.57 Å². The third-order valence-corrected chi connectivity index (χ3v) is 11.0. The third kappa shape index (κ3) is 5.13. The Bertz CT molecular complexity index is 3180. The molecule has 55 heavy (non-hydrogen) atoms. The minimum absolute atomic E-state index is 0.714. The Balaban J connectivity index is 1.16. The molecule has 0 saturated carbocycles. The molecule has 9 aromatic carbocycles. The van der Waals surface area contributed by atoms with Gasteiger partial charge in [-0.25, -0.2) is 9.97 Å². The standard InChI is InChI=1S/C52H33N3/c1-4-15-34(16-5-1)47-33-48(54-52(53-47)35-17-6-2-7-18-35)37-28-30-45-46(31-37)41-22-11-10-21-40(41)44-25-14-24-39(51(44)45)36-27-29-43-42-23-12-13-26-49(42)55(50(43)32-36)38-19-8-3-9-20-38/h1-33H. The first-order valence-corrected chi connectivity index (χ1v) is 18.7. The Kier molecular flexibility index (Phi) is 7.17. The van der Waals surface area contributed by atoms with Crippen molar-refractivity contribution < 1.29 is 0 Å². The number of nitrogens with zero attached hydrogens (tertiary/aromatic N) is 3. The Morgan fingerprint density at radius 3 is 1.62 bits per heavy atom. The molecule has 3 heteroatoms. The van der Waals surface area contributed by atoms with Crippen LogP contribution in [0.3, 0.4) is 0 Å². The van der Waals surface area contributed by atoms with E-state index in [-0.39, 0.29) is 0 Å². The van der Waals surface area contributed by atoms with Gasteiger partial charge in [0.1, 0.15) is 0 Å². The monoisotopic (exact) mass is 699 g/mol. The molecule has 0 aliphatic carbocycles. The average Bonchev–Trinajstić information content (AvgIpc) is 3.60. The normalized spacial score (nSPS) is 11.6. The molecule has 0 aliphatic heterocycles. The molecule has 0 atom stereocenters. The fourth-order valence-electron chi connectivity index (χ4n) is 8.47. The Hall–Kier alpha value is -7.36. The number of hydrogen-bond donors (Lipinski definition) is 0. The molecule has 0 saturated heterocycles. The second-order valence-electron chi connectivity index (χ2n) is 14.1. The van der Waals surface area contributed by atoms with Gasteiger partial charge in [-0.2, -0.15) is 0 Å². The SMILES string of the molecule is c1ccc(-c2cc(-c3ccc4c(c3)c3ccccc3c3cccc(-c5ccc6c7ccccc7n(-c7ccccc7)c6c5)c34)nc(-c3ccccc3)n2)cc1. The highest BCUT2D eigenvalue weighted by Crippen LogP contribution is 2.43. The summed E-state index contributed by atoms with van der Waals surface area (Å²) in [4.78, 5) is 10.2. The molecule has 0 fully saturated rings. The molecule has 2 aromatic heterocycles. The fraction of sp³-hybridized carbons (Fsp3) is 0. The zero-order valence-electron chi connectivity index (χ0n) is 29.9. The van der Waals surface area contributed by atoms with Crippen molar-refractivity contribution in [2.75, 3.05) is 0 Å². The summed E-state index contributed by atoms with van der Waals surface area (Å²) in [6.45, 7) is 0. The number of benzene rings is 9. The average molecular weight is 700 g/mol. The predicted octanol–water partition coefficient (Wildman–Crippen LogP) is 13.7. The largest absolute Gasteiger partial charge is 0.309 e. The fourth-order valence-corrected chi connectivity index (χ4v) is 8.47. The first kappa shape index (κ1) is 31.2. The van der Waals surface area contributed by atoms with E-state index >= 15 is 0 Å². The van der Waals surface area contributed by atoms with Gasteiger partial charge in [0.2, 0.25) is 0 Å². The Morgan fingerprint density at radius 1 is 0.309 bits per heavy atom. The van der Waals surface area contributed by atoms with Gasteiger partial charge >= 0.3 is 0 Å². The van der Waals surface area contributed by atoms with Gasteiger partial charge in [0.05, 0.1) is 22.4 Å². The molecular formula is C52H33N3. The van der Waals surface area contributed by atoms with Crippen LogP contribution in [0, 0.1) is 0 Å². The van der Waals surface area contributed by atoms with Crippen LogP contribution in [0.4, 0.5) is 0 Å². The van der Waals surface area contributed by atoms with E-state index in [1.165, 1.54) is 65.3 Å². The van der Waals surface area contributed by atoms with Gasteiger partial charge in [-0.1, -0.05) is 164 Å². The van der Waals surface area contributed by atoms with Crippen LogP contribution >= 0.6 is 0 Å². The number of para-hydroxylation sites is 2. The third-order valence-electron chi connectivity index (χ3n) is 11.0. The number of hydrogen-bond acceptors (Lipinski definition) is 2. The lowest BCUT2D eigenvalue weighted by molar-refractivity contribution is 1.18. The van der Waals surface area contributed by atoms with Gasteiger partial charge in [0, 0.05) is 33.2 Å². The lowest BCUT2D eigenvalue weighted by Gasteiger charge is -2.16. The molecule has 0 unspecified atom stereocenters. The molecule has 0 radical (unpaired) electrons. The summed E-state index contributed by atoms with van der Waals surface area (Å²) >= 11 is 0. The highest BCUT2D eigenvalue weighted by atomic mass is 15.0. The van der Waals surface area contributed by atoms with E-state index in [0.717, 1.165) is 33.8 Å². The van der Waals surface area contributed by atoms with Crippen LogP contribution in [0.1, 0.15) is 0 Å². The van der Waals surface area contributed by atoms with Gasteiger partial charge in [0.25, 0.3) is 0 Å². The van der Waals surface area contributed by atoms with Crippen LogP contribution in [-0.4, -0.2) is 14.5 Å². The number of aromatic nitrogens is 3. The first-order valence-electron chi connectivity index (χ1n) is 18.7. The molecule has 256 valence electrons. The Labute approximate surface area is 318 Å². The smallest absolute Gasteiger partial charge is 0.160 e. The molecule has 11 rings (SSSR count). The van der Waals surface area contributed by atoms with Gasteiger partial charge in [-0.15, -0.1) is 0 Å². The molecule has 11 aromatic rings. The summed E-state index contributed by atoms with van der Waals surface area (Å²) in [5.41, 5.74) is 10.9. The summed E-state index contributed by atoms with van der Waals surface area (Å²) in [6, 6.07) is 71.6. The topological polar surface area (TPSA) is 30.7 Å². The van der Waals surface area contributed by atoms with Crippen molar-refractivity contribution in [3.8, 4) is 50.7 Å². The maximum absolute atomic E-state index is 5.18. The zero-order valence-corrected chi connectivity index (χ0v) is 29.9. The zero-order chi connectivity index (χ0) is 36.3. The minimum atomic E-state index is 0.714. The quantitative estimate of drug-likeness (QED) is 0.167. The van der Waals surface area contributed by atoms with E-state index in [1.807, 2.05) is 24.3 Å². The van der Waals surface area contributed by atoms with Crippen molar-refractivity contribution >= 4 is 54.1 Å². The van der Waals surface area contributed by atoms with Crippen LogP contribution in [0.2, 0.25) is 0 Å². The van der Waals surface area contributed by atoms with Crippen molar-refractivity contribution in [1.82, 2.24) is 14.5 Å². The summed E-state index contributed by atoms with van der Waals surface area (Å²) < 4.78 is 2.40. The number of rotatable bonds is 5. The second-order valence-corrected chi connectivity index (χ2v) is 14.1.